The number of rotatable bonds is 5. The molecule has 0 aromatic carbocycles. The summed E-state index contributed by atoms with van der Waals surface area (Å²) in [6, 6.07) is 7.49. The first kappa shape index (κ1) is 14.4. The van der Waals surface area contributed by atoms with Crippen LogP contribution in [-0.4, -0.2) is 13.8 Å². The molecular formula is C15H26NSi. The molecule has 0 amide bonds. The van der Waals surface area contributed by atoms with E-state index in [9.17, 15) is 0 Å². The van der Waals surface area contributed by atoms with E-state index in [1.54, 1.807) is 0 Å². The second-order valence-electron chi connectivity index (χ2n) is 5.96. The summed E-state index contributed by atoms with van der Waals surface area (Å²) in [4.78, 5) is 4.50. The summed E-state index contributed by atoms with van der Waals surface area (Å²) < 4.78 is 0. The van der Waals surface area contributed by atoms with Gasteiger partial charge in [-0.2, -0.15) is 0 Å². The molecule has 1 aromatic rings. The van der Waals surface area contributed by atoms with Gasteiger partial charge in [-0.1, -0.05) is 53.5 Å². The molecule has 1 aromatic heterocycles. The molecule has 1 rings (SSSR count). The number of hydrogen-bond acceptors (Lipinski definition) is 1. The highest BCUT2D eigenvalue weighted by molar-refractivity contribution is 6.63. The average molecular weight is 248 g/mol. The van der Waals surface area contributed by atoms with Crippen molar-refractivity contribution in [3.63, 3.8) is 0 Å². The van der Waals surface area contributed by atoms with Gasteiger partial charge in [0.1, 0.15) is 0 Å². The molecular weight excluding hydrogens is 222 g/mol. The SMILES string of the molecule is CCCC(C)[Si](Cc1ccccn1)C(C)(C)C. The molecule has 0 bridgehead atoms. The van der Waals surface area contributed by atoms with Crippen molar-refractivity contribution in [1.82, 2.24) is 4.98 Å². The van der Waals surface area contributed by atoms with Crippen molar-refractivity contribution >= 4 is 8.80 Å². The fourth-order valence-electron chi connectivity index (χ4n) is 2.48. The highest BCUT2D eigenvalue weighted by Crippen LogP contribution is 2.37. The van der Waals surface area contributed by atoms with E-state index in [0.29, 0.717) is 5.04 Å². The van der Waals surface area contributed by atoms with E-state index >= 15 is 0 Å². The summed E-state index contributed by atoms with van der Waals surface area (Å²) in [5.41, 5.74) is 2.14. The first-order valence-corrected chi connectivity index (χ1v) is 8.49. The standard InChI is InChI=1S/C15H26NSi/c1-6-9-13(2)17(15(3,4)5)12-14-10-7-8-11-16-14/h7-8,10-11,13H,6,9,12H2,1-5H3. The Bertz CT molecular complexity index is 315. The van der Waals surface area contributed by atoms with Crippen LogP contribution in [0.25, 0.3) is 0 Å². The van der Waals surface area contributed by atoms with Gasteiger partial charge in [0.2, 0.25) is 0 Å². The van der Waals surface area contributed by atoms with Crippen molar-refractivity contribution in [2.45, 2.75) is 64.1 Å². The largest absolute Gasteiger partial charge is 0.262 e. The lowest BCUT2D eigenvalue weighted by molar-refractivity contribution is 0.665. The molecule has 1 heterocycles. The third-order valence-corrected chi connectivity index (χ3v) is 7.53. The minimum absolute atomic E-state index is 0.415. The van der Waals surface area contributed by atoms with Crippen LogP contribution in [0.15, 0.2) is 24.4 Å². The van der Waals surface area contributed by atoms with Crippen LogP contribution < -0.4 is 0 Å². The van der Waals surface area contributed by atoms with Crippen molar-refractivity contribution < 1.29 is 0 Å². The van der Waals surface area contributed by atoms with Crippen LogP contribution in [0.3, 0.4) is 0 Å². The first-order chi connectivity index (χ1) is 7.95. The molecule has 0 N–H and O–H groups in total. The summed E-state index contributed by atoms with van der Waals surface area (Å²) in [6.07, 6.45) is 4.58. The third-order valence-electron chi connectivity index (χ3n) is 3.38. The van der Waals surface area contributed by atoms with Gasteiger partial charge in [-0.05, 0) is 28.8 Å². The Morgan fingerprint density at radius 3 is 2.47 bits per heavy atom. The first-order valence-electron chi connectivity index (χ1n) is 6.71. The topological polar surface area (TPSA) is 12.9 Å². The molecule has 0 fully saturated rings. The minimum atomic E-state index is -0.415. The molecule has 0 aliphatic carbocycles. The second kappa shape index (κ2) is 6.34. The molecule has 1 radical (unpaired) electrons. The molecule has 2 heteroatoms. The Hall–Kier alpha value is -0.633. The number of hydrogen-bond donors (Lipinski definition) is 0. The lowest BCUT2D eigenvalue weighted by Crippen LogP contribution is -2.33. The van der Waals surface area contributed by atoms with E-state index in [-0.39, 0.29) is 0 Å². The van der Waals surface area contributed by atoms with Crippen LogP contribution in [0.2, 0.25) is 10.6 Å². The van der Waals surface area contributed by atoms with Crippen LogP contribution >= 0.6 is 0 Å². The van der Waals surface area contributed by atoms with Crippen molar-refractivity contribution in [3.05, 3.63) is 30.1 Å². The van der Waals surface area contributed by atoms with Crippen LogP contribution in [0.4, 0.5) is 0 Å². The van der Waals surface area contributed by atoms with Gasteiger partial charge in [0.25, 0.3) is 0 Å². The molecule has 17 heavy (non-hydrogen) atoms. The Morgan fingerprint density at radius 2 is 2.00 bits per heavy atom. The summed E-state index contributed by atoms with van der Waals surface area (Å²) in [5.74, 6) is 0. The van der Waals surface area contributed by atoms with Crippen molar-refractivity contribution in [2.24, 2.45) is 0 Å². The maximum atomic E-state index is 4.50. The van der Waals surface area contributed by atoms with E-state index in [2.05, 4.69) is 51.7 Å². The van der Waals surface area contributed by atoms with E-state index in [1.807, 2.05) is 12.3 Å². The number of nitrogens with zero attached hydrogens (tertiary/aromatic N) is 1. The molecule has 0 saturated heterocycles. The normalized spacial score (nSPS) is 14.0. The van der Waals surface area contributed by atoms with Gasteiger partial charge in [0.15, 0.2) is 0 Å². The Kier molecular flexibility index (Phi) is 5.38. The molecule has 1 nitrogen and oxygen atoms in total. The minimum Gasteiger partial charge on any atom is -0.262 e. The number of pyridine rings is 1. The zero-order valence-corrected chi connectivity index (χ0v) is 13.0. The fourth-order valence-corrected chi connectivity index (χ4v) is 6.08. The molecule has 0 spiro atoms. The quantitative estimate of drug-likeness (QED) is 0.691. The lowest BCUT2D eigenvalue weighted by Gasteiger charge is -2.33. The molecule has 1 unspecified atom stereocenters. The predicted molar refractivity (Wildman–Crippen MR) is 77.7 cm³/mol. The number of aromatic nitrogens is 1. The van der Waals surface area contributed by atoms with Gasteiger partial charge in [-0.3, -0.25) is 4.98 Å². The van der Waals surface area contributed by atoms with Gasteiger partial charge < -0.3 is 0 Å². The Morgan fingerprint density at radius 1 is 1.29 bits per heavy atom. The smallest absolute Gasteiger partial charge is 0.0632 e. The van der Waals surface area contributed by atoms with Gasteiger partial charge >= 0.3 is 0 Å². The maximum Gasteiger partial charge on any atom is 0.0632 e. The summed E-state index contributed by atoms with van der Waals surface area (Å²) in [5, 5.41) is 0.455. The summed E-state index contributed by atoms with van der Waals surface area (Å²) in [6.45, 7) is 11.9. The van der Waals surface area contributed by atoms with E-state index in [4.69, 9.17) is 0 Å². The van der Waals surface area contributed by atoms with Gasteiger partial charge in [0.05, 0.1) is 8.80 Å². The highest BCUT2D eigenvalue weighted by atomic mass is 28.3. The zero-order valence-electron chi connectivity index (χ0n) is 12.0. The lowest BCUT2D eigenvalue weighted by atomic mass is 10.2. The zero-order chi connectivity index (χ0) is 12.9. The van der Waals surface area contributed by atoms with Crippen molar-refractivity contribution in [1.29, 1.82) is 0 Å². The van der Waals surface area contributed by atoms with Crippen LogP contribution in [0, 0.1) is 0 Å². The van der Waals surface area contributed by atoms with E-state index in [1.165, 1.54) is 24.6 Å². The van der Waals surface area contributed by atoms with Crippen molar-refractivity contribution in [3.8, 4) is 0 Å². The Labute approximate surface area is 108 Å². The summed E-state index contributed by atoms with van der Waals surface area (Å²) >= 11 is 0. The van der Waals surface area contributed by atoms with Gasteiger partial charge in [-0.25, -0.2) is 0 Å². The van der Waals surface area contributed by atoms with Crippen LogP contribution in [0.5, 0.6) is 0 Å². The fraction of sp³-hybridized carbons (Fsp3) is 0.667. The maximum absolute atomic E-state index is 4.50. The monoisotopic (exact) mass is 248 g/mol. The summed E-state index contributed by atoms with van der Waals surface area (Å²) in [7, 11) is -0.415. The highest BCUT2D eigenvalue weighted by Gasteiger charge is 2.31. The molecule has 0 saturated carbocycles. The van der Waals surface area contributed by atoms with Gasteiger partial charge in [-0.15, -0.1) is 0 Å². The average Bonchev–Trinajstić information content (AvgIpc) is 2.26. The second-order valence-corrected chi connectivity index (χ2v) is 9.85. The van der Waals surface area contributed by atoms with E-state index < -0.39 is 8.80 Å². The third kappa shape index (κ3) is 4.62. The van der Waals surface area contributed by atoms with Gasteiger partial charge in [0, 0.05) is 11.9 Å². The Balaban J connectivity index is 2.78. The molecule has 0 aliphatic heterocycles. The van der Waals surface area contributed by atoms with Crippen LogP contribution in [-0.2, 0) is 6.04 Å². The molecule has 0 aliphatic rings. The van der Waals surface area contributed by atoms with E-state index in [0.717, 1.165) is 5.54 Å². The van der Waals surface area contributed by atoms with Crippen LogP contribution in [0.1, 0.15) is 53.2 Å². The predicted octanol–water partition coefficient (Wildman–Crippen LogP) is 4.65. The van der Waals surface area contributed by atoms with Crippen molar-refractivity contribution in [2.75, 3.05) is 0 Å². The molecule has 1 atom stereocenters. The molecule has 95 valence electrons.